The zero-order valence-electron chi connectivity index (χ0n) is 13.1. The van der Waals surface area contributed by atoms with Gasteiger partial charge in [-0.15, -0.1) is 0 Å². The Balaban J connectivity index is -0.000000270. The lowest BCUT2D eigenvalue weighted by Gasteiger charge is -2.16. The van der Waals surface area contributed by atoms with Crippen LogP contribution in [0.4, 0.5) is 0 Å². The molecule has 0 bridgehead atoms. The summed E-state index contributed by atoms with van der Waals surface area (Å²) in [7, 11) is 0. The Hall–Kier alpha value is 1.06. The molecule has 0 saturated carbocycles. The van der Waals surface area contributed by atoms with Crippen molar-refractivity contribution in [2.75, 3.05) is 0 Å². The SMILES string of the molecule is CCCCC(CC)CC(C)C.OP(O)(O)=S.OP(O)(O)=S. The first-order chi connectivity index (χ1) is 9.20. The number of hydrogen-bond acceptors (Lipinski definition) is 2. The van der Waals surface area contributed by atoms with Gasteiger partial charge in [-0.3, -0.25) is 0 Å². The molecule has 0 aromatic rings. The summed E-state index contributed by atoms with van der Waals surface area (Å²) < 4.78 is 0. The van der Waals surface area contributed by atoms with Gasteiger partial charge in [0.25, 0.3) is 0 Å². The van der Waals surface area contributed by atoms with E-state index in [0.717, 1.165) is 11.8 Å². The van der Waals surface area contributed by atoms with Crippen molar-refractivity contribution in [2.24, 2.45) is 11.8 Å². The second kappa shape index (κ2) is 14.6. The van der Waals surface area contributed by atoms with E-state index in [9.17, 15) is 0 Å². The first kappa shape index (κ1) is 26.9. The van der Waals surface area contributed by atoms with Gasteiger partial charge in [-0.1, -0.05) is 53.4 Å². The Morgan fingerprint density at radius 3 is 1.38 bits per heavy atom. The Morgan fingerprint density at radius 1 is 0.857 bits per heavy atom. The van der Waals surface area contributed by atoms with Crippen LogP contribution in [0.5, 0.6) is 0 Å². The molecule has 1 atom stereocenters. The molecule has 132 valence electrons. The predicted molar refractivity (Wildman–Crippen MR) is 94.6 cm³/mol. The molecule has 0 radical (unpaired) electrons. The zero-order valence-corrected chi connectivity index (χ0v) is 16.5. The van der Waals surface area contributed by atoms with E-state index in [1.54, 1.807) is 0 Å². The van der Waals surface area contributed by atoms with Crippen LogP contribution in [-0.4, -0.2) is 29.4 Å². The smallest absolute Gasteiger partial charge is 0.319 e. The summed E-state index contributed by atoms with van der Waals surface area (Å²) in [4.78, 5) is 45.3. The standard InChI is InChI=1S/C11H24.2H3O3PS/c1-5-7-8-11(6-2)9-10(3)4;2*1-4(2,3)5/h10-11H,5-9H2,1-4H3;2*(H3,1,2,3,5). The largest absolute Gasteiger partial charge is 0.325 e. The third-order valence-corrected chi connectivity index (χ3v) is 2.35. The normalized spacial score (nSPS) is 12.9. The van der Waals surface area contributed by atoms with Gasteiger partial charge in [-0.2, -0.15) is 0 Å². The molecule has 0 aliphatic heterocycles. The van der Waals surface area contributed by atoms with E-state index in [1.165, 1.54) is 32.1 Å². The monoisotopic (exact) mass is 384 g/mol. The summed E-state index contributed by atoms with van der Waals surface area (Å²) in [6.07, 6.45) is 7.03. The molecular formula is C11H30O6P2S2. The molecule has 6 nitrogen and oxygen atoms in total. The van der Waals surface area contributed by atoms with Crippen molar-refractivity contribution in [1.29, 1.82) is 0 Å². The highest BCUT2D eigenvalue weighted by atomic mass is 32.5. The van der Waals surface area contributed by atoms with Crippen molar-refractivity contribution in [2.45, 2.75) is 59.8 Å². The van der Waals surface area contributed by atoms with Crippen LogP contribution in [0.15, 0.2) is 0 Å². The molecule has 0 spiro atoms. The van der Waals surface area contributed by atoms with E-state index in [-0.39, 0.29) is 0 Å². The topological polar surface area (TPSA) is 121 Å². The van der Waals surface area contributed by atoms with E-state index in [2.05, 4.69) is 51.3 Å². The first-order valence-electron chi connectivity index (χ1n) is 6.77. The molecule has 0 heterocycles. The van der Waals surface area contributed by atoms with E-state index in [4.69, 9.17) is 29.4 Å². The number of hydrogen-bond donors (Lipinski definition) is 6. The molecule has 0 rings (SSSR count). The molecule has 1 unspecified atom stereocenters. The van der Waals surface area contributed by atoms with Gasteiger partial charge >= 0.3 is 13.4 Å². The minimum Gasteiger partial charge on any atom is -0.325 e. The Kier molecular flexibility index (Phi) is 18.8. The lowest BCUT2D eigenvalue weighted by Crippen LogP contribution is -2.02. The van der Waals surface area contributed by atoms with E-state index >= 15 is 0 Å². The average molecular weight is 384 g/mol. The summed E-state index contributed by atoms with van der Waals surface area (Å²) in [5.41, 5.74) is 0. The lowest BCUT2D eigenvalue weighted by molar-refractivity contribution is 0.361. The van der Waals surface area contributed by atoms with Crippen LogP contribution in [0, 0.1) is 11.8 Å². The van der Waals surface area contributed by atoms with Gasteiger partial charge in [0.2, 0.25) is 0 Å². The van der Waals surface area contributed by atoms with E-state index in [1.807, 2.05) is 0 Å². The second-order valence-electron chi connectivity index (χ2n) is 5.07. The molecule has 6 N–H and O–H groups in total. The summed E-state index contributed by atoms with van der Waals surface area (Å²) in [5.74, 6) is 1.88. The van der Waals surface area contributed by atoms with Crippen molar-refractivity contribution in [3.63, 3.8) is 0 Å². The van der Waals surface area contributed by atoms with Crippen molar-refractivity contribution in [1.82, 2.24) is 0 Å². The third-order valence-electron chi connectivity index (χ3n) is 2.35. The lowest BCUT2D eigenvalue weighted by atomic mass is 9.90. The fourth-order valence-corrected chi connectivity index (χ4v) is 1.65. The van der Waals surface area contributed by atoms with E-state index < -0.39 is 13.4 Å². The molecule has 0 saturated heterocycles. The molecule has 21 heavy (non-hydrogen) atoms. The summed E-state index contributed by atoms with van der Waals surface area (Å²) in [6.45, 7) is 1.65. The first-order valence-corrected chi connectivity index (χ1v) is 12.1. The van der Waals surface area contributed by atoms with Gasteiger partial charge in [0.15, 0.2) is 0 Å². The van der Waals surface area contributed by atoms with Gasteiger partial charge in [-0.05, 0) is 41.9 Å². The number of unbranched alkanes of at least 4 members (excludes halogenated alkanes) is 1. The van der Waals surface area contributed by atoms with Gasteiger partial charge < -0.3 is 29.4 Å². The summed E-state index contributed by atoms with van der Waals surface area (Å²) >= 11 is 7.21. The molecule has 10 heteroatoms. The maximum atomic E-state index is 7.56. The quantitative estimate of drug-likeness (QED) is 0.387. The van der Waals surface area contributed by atoms with Crippen LogP contribution in [0.1, 0.15) is 59.8 Å². The average Bonchev–Trinajstić information content (AvgIpc) is 2.18. The Morgan fingerprint density at radius 2 is 1.19 bits per heavy atom. The molecule has 0 aliphatic carbocycles. The van der Waals surface area contributed by atoms with Crippen LogP contribution < -0.4 is 0 Å². The molecule has 0 aliphatic rings. The molecule has 0 aromatic heterocycles. The fraction of sp³-hybridized carbons (Fsp3) is 1.00. The van der Waals surface area contributed by atoms with Gasteiger partial charge in [-0.25, -0.2) is 0 Å². The molecule has 0 fully saturated rings. The minimum absolute atomic E-state index is 0.886. The van der Waals surface area contributed by atoms with Crippen LogP contribution >= 0.6 is 13.4 Å². The van der Waals surface area contributed by atoms with Crippen LogP contribution in [0.25, 0.3) is 0 Å². The van der Waals surface area contributed by atoms with Crippen molar-refractivity contribution < 1.29 is 29.4 Å². The minimum atomic E-state index is -3.81. The highest BCUT2D eigenvalue weighted by Gasteiger charge is 2.07. The zero-order chi connectivity index (χ0) is 17.7. The summed E-state index contributed by atoms with van der Waals surface area (Å²) in [5, 5.41) is 0. The number of rotatable bonds is 6. The predicted octanol–water partition coefficient (Wildman–Crippen LogP) is 2.62. The van der Waals surface area contributed by atoms with Crippen LogP contribution in [-0.2, 0) is 23.6 Å². The Bertz CT molecular complexity index is 279. The van der Waals surface area contributed by atoms with Crippen LogP contribution in [0.2, 0.25) is 0 Å². The van der Waals surface area contributed by atoms with Gasteiger partial charge in [0, 0.05) is 0 Å². The second-order valence-corrected chi connectivity index (χ2v) is 10.1. The van der Waals surface area contributed by atoms with Gasteiger partial charge in [0.1, 0.15) is 0 Å². The Labute approximate surface area is 138 Å². The maximum absolute atomic E-state index is 7.56. The molecule has 0 amide bonds. The van der Waals surface area contributed by atoms with Gasteiger partial charge in [0.05, 0.1) is 0 Å². The van der Waals surface area contributed by atoms with Crippen molar-refractivity contribution in [3.05, 3.63) is 0 Å². The highest BCUT2D eigenvalue weighted by molar-refractivity contribution is 8.06. The maximum Gasteiger partial charge on any atom is 0.319 e. The molecular weight excluding hydrogens is 354 g/mol. The van der Waals surface area contributed by atoms with Crippen molar-refractivity contribution in [3.8, 4) is 0 Å². The van der Waals surface area contributed by atoms with Crippen LogP contribution in [0.3, 0.4) is 0 Å². The molecule has 0 aromatic carbocycles. The fourth-order valence-electron chi connectivity index (χ4n) is 1.65. The third kappa shape index (κ3) is 62.5. The van der Waals surface area contributed by atoms with Crippen molar-refractivity contribution >= 4 is 37.1 Å². The summed E-state index contributed by atoms with van der Waals surface area (Å²) in [6, 6.07) is 0. The van der Waals surface area contributed by atoms with E-state index in [0.29, 0.717) is 0 Å². The highest BCUT2D eigenvalue weighted by Crippen LogP contribution is 2.27.